The van der Waals surface area contributed by atoms with E-state index < -0.39 is 0 Å². The molecule has 2 rings (SSSR count). The molecule has 3 nitrogen and oxygen atoms in total. The number of likely N-dealkylation sites (N-methyl/N-ethyl adjacent to an activating group) is 1. The molecule has 0 aliphatic carbocycles. The molecule has 2 aliphatic rings. The number of hydrogen-bond donors (Lipinski definition) is 1. The van der Waals surface area contributed by atoms with E-state index in [1.807, 2.05) is 0 Å². The minimum Gasteiger partial charge on any atom is -0.311 e. The van der Waals surface area contributed by atoms with Crippen molar-refractivity contribution < 1.29 is 0 Å². The smallest absolute Gasteiger partial charge is 0.0227 e. The molecule has 0 saturated carbocycles. The van der Waals surface area contributed by atoms with E-state index in [1.165, 1.54) is 45.4 Å². The van der Waals surface area contributed by atoms with Gasteiger partial charge >= 0.3 is 0 Å². The van der Waals surface area contributed by atoms with Crippen molar-refractivity contribution in [2.75, 3.05) is 32.7 Å². The van der Waals surface area contributed by atoms with Gasteiger partial charge in [-0.1, -0.05) is 27.2 Å². The number of piperidine rings is 1. The Morgan fingerprint density at radius 2 is 2.05 bits per heavy atom. The van der Waals surface area contributed by atoms with Crippen molar-refractivity contribution >= 4 is 0 Å². The molecule has 0 aromatic heterocycles. The van der Waals surface area contributed by atoms with Gasteiger partial charge in [0, 0.05) is 37.8 Å². The first-order chi connectivity index (χ1) is 9.15. The molecule has 0 amide bonds. The van der Waals surface area contributed by atoms with Crippen LogP contribution in [-0.2, 0) is 0 Å². The Hall–Kier alpha value is -0.120. The zero-order valence-corrected chi connectivity index (χ0v) is 13.4. The highest BCUT2D eigenvalue weighted by molar-refractivity contribution is 4.92. The molecular formula is C16H33N3. The van der Waals surface area contributed by atoms with Gasteiger partial charge in [0.1, 0.15) is 0 Å². The van der Waals surface area contributed by atoms with Crippen LogP contribution in [0.4, 0.5) is 0 Å². The van der Waals surface area contributed by atoms with Crippen LogP contribution < -0.4 is 5.32 Å². The van der Waals surface area contributed by atoms with Crippen LogP contribution in [0.3, 0.4) is 0 Å². The van der Waals surface area contributed by atoms with Gasteiger partial charge in [-0.2, -0.15) is 0 Å². The summed E-state index contributed by atoms with van der Waals surface area (Å²) in [5.74, 6) is 0.792. The highest BCUT2D eigenvalue weighted by atomic mass is 15.3. The predicted molar refractivity (Wildman–Crippen MR) is 82.5 cm³/mol. The topological polar surface area (TPSA) is 18.5 Å². The van der Waals surface area contributed by atoms with Gasteiger partial charge in [-0.25, -0.2) is 0 Å². The minimum atomic E-state index is 0.693. The lowest BCUT2D eigenvalue weighted by molar-refractivity contribution is 0.0340. The minimum absolute atomic E-state index is 0.693. The maximum atomic E-state index is 3.76. The Morgan fingerprint density at radius 1 is 1.26 bits per heavy atom. The molecule has 0 aromatic rings. The van der Waals surface area contributed by atoms with Gasteiger partial charge in [0.2, 0.25) is 0 Å². The first-order valence-corrected chi connectivity index (χ1v) is 8.37. The summed E-state index contributed by atoms with van der Waals surface area (Å²) in [4.78, 5) is 5.43. The van der Waals surface area contributed by atoms with E-state index in [9.17, 15) is 0 Å². The molecule has 0 bridgehead atoms. The summed E-state index contributed by atoms with van der Waals surface area (Å²) in [6.45, 7) is 15.6. The number of nitrogens with one attached hydrogen (secondary N) is 1. The highest BCUT2D eigenvalue weighted by Crippen LogP contribution is 2.22. The van der Waals surface area contributed by atoms with Gasteiger partial charge in [-0.3, -0.25) is 4.90 Å². The van der Waals surface area contributed by atoms with Crippen LogP contribution in [0.25, 0.3) is 0 Å². The first-order valence-electron chi connectivity index (χ1n) is 8.37. The second-order valence-electron chi connectivity index (χ2n) is 6.64. The molecule has 2 heterocycles. The van der Waals surface area contributed by atoms with Crippen LogP contribution in [0, 0.1) is 5.92 Å². The molecule has 4 atom stereocenters. The van der Waals surface area contributed by atoms with E-state index in [0.717, 1.165) is 18.5 Å². The molecule has 2 aliphatic heterocycles. The van der Waals surface area contributed by atoms with Crippen molar-refractivity contribution in [2.24, 2.45) is 5.92 Å². The zero-order valence-electron chi connectivity index (χ0n) is 13.4. The summed E-state index contributed by atoms with van der Waals surface area (Å²) in [7, 11) is 0. The van der Waals surface area contributed by atoms with Crippen LogP contribution in [0.5, 0.6) is 0 Å². The Labute approximate surface area is 119 Å². The van der Waals surface area contributed by atoms with E-state index in [2.05, 4.69) is 42.8 Å². The fourth-order valence-electron chi connectivity index (χ4n) is 3.67. The number of hydrogen-bond acceptors (Lipinski definition) is 3. The summed E-state index contributed by atoms with van der Waals surface area (Å²) >= 11 is 0. The normalized spacial score (nSPS) is 36.3. The zero-order chi connectivity index (χ0) is 13.8. The monoisotopic (exact) mass is 267 g/mol. The van der Waals surface area contributed by atoms with Crippen LogP contribution in [-0.4, -0.2) is 60.6 Å². The highest BCUT2D eigenvalue weighted by Gasteiger charge is 2.33. The quantitative estimate of drug-likeness (QED) is 0.842. The van der Waals surface area contributed by atoms with Crippen molar-refractivity contribution in [3.8, 4) is 0 Å². The SMILES string of the molecule is CCC(C)C1CN(C2CCCN(CC)C2)C(C)CN1. The lowest BCUT2D eigenvalue weighted by Gasteiger charge is -2.47. The van der Waals surface area contributed by atoms with Gasteiger partial charge in [-0.05, 0) is 38.8 Å². The molecule has 112 valence electrons. The molecule has 0 aromatic carbocycles. The summed E-state index contributed by atoms with van der Waals surface area (Å²) in [6.07, 6.45) is 4.06. The van der Waals surface area contributed by atoms with Gasteiger partial charge < -0.3 is 10.2 Å². The second kappa shape index (κ2) is 7.05. The van der Waals surface area contributed by atoms with Crippen molar-refractivity contribution in [3.63, 3.8) is 0 Å². The average Bonchev–Trinajstić information content (AvgIpc) is 2.47. The molecule has 19 heavy (non-hydrogen) atoms. The number of likely N-dealkylation sites (tertiary alicyclic amines) is 1. The Bertz CT molecular complexity index is 267. The summed E-state index contributed by atoms with van der Waals surface area (Å²) < 4.78 is 0. The third-order valence-corrected chi connectivity index (χ3v) is 5.38. The van der Waals surface area contributed by atoms with E-state index in [1.54, 1.807) is 0 Å². The summed E-state index contributed by atoms with van der Waals surface area (Å²) in [5, 5.41) is 3.76. The Balaban J connectivity index is 1.96. The largest absolute Gasteiger partial charge is 0.311 e. The van der Waals surface area contributed by atoms with Crippen molar-refractivity contribution in [2.45, 2.75) is 65.1 Å². The van der Waals surface area contributed by atoms with E-state index in [4.69, 9.17) is 0 Å². The molecule has 4 unspecified atom stereocenters. The van der Waals surface area contributed by atoms with Crippen LogP contribution in [0.15, 0.2) is 0 Å². The standard InChI is InChI=1S/C16H33N3/c1-5-13(3)16-12-19(14(4)10-17-16)15-8-7-9-18(6-2)11-15/h13-17H,5-12H2,1-4H3. The lowest BCUT2D eigenvalue weighted by Crippen LogP contribution is -2.62. The Kier molecular flexibility index (Phi) is 5.67. The van der Waals surface area contributed by atoms with Gasteiger partial charge in [-0.15, -0.1) is 0 Å². The van der Waals surface area contributed by atoms with Crippen molar-refractivity contribution in [1.82, 2.24) is 15.1 Å². The fraction of sp³-hybridized carbons (Fsp3) is 1.00. The maximum absolute atomic E-state index is 3.76. The van der Waals surface area contributed by atoms with E-state index in [-0.39, 0.29) is 0 Å². The van der Waals surface area contributed by atoms with Gasteiger partial charge in [0.05, 0.1) is 0 Å². The third-order valence-electron chi connectivity index (χ3n) is 5.38. The van der Waals surface area contributed by atoms with Gasteiger partial charge in [0.25, 0.3) is 0 Å². The fourth-order valence-corrected chi connectivity index (χ4v) is 3.67. The average molecular weight is 267 g/mol. The van der Waals surface area contributed by atoms with E-state index >= 15 is 0 Å². The van der Waals surface area contributed by atoms with Crippen LogP contribution in [0.2, 0.25) is 0 Å². The van der Waals surface area contributed by atoms with E-state index in [0.29, 0.717) is 12.1 Å². The third kappa shape index (κ3) is 3.71. The predicted octanol–water partition coefficient (Wildman–Crippen LogP) is 2.18. The number of piperazine rings is 1. The molecular weight excluding hydrogens is 234 g/mol. The molecule has 0 spiro atoms. The molecule has 3 heteroatoms. The molecule has 1 N–H and O–H groups in total. The summed E-state index contributed by atoms with van der Waals surface area (Å²) in [5.41, 5.74) is 0. The maximum Gasteiger partial charge on any atom is 0.0227 e. The van der Waals surface area contributed by atoms with Crippen molar-refractivity contribution in [1.29, 1.82) is 0 Å². The van der Waals surface area contributed by atoms with Crippen LogP contribution >= 0.6 is 0 Å². The summed E-state index contributed by atoms with van der Waals surface area (Å²) in [6, 6.07) is 2.18. The molecule has 0 radical (unpaired) electrons. The number of rotatable bonds is 4. The second-order valence-corrected chi connectivity index (χ2v) is 6.64. The lowest BCUT2D eigenvalue weighted by atomic mass is 9.93. The first kappa shape index (κ1) is 15.3. The van der Waals surface area contributed by atoms with Gasteiger partial charge in [0.15, 0.2) is 0 Å². The Morgan fingerprint density at radius 3 is 2.74 bits per heavy atom. The van der Waals surface area contributed by atoms with Crippen LogP contribution in [0.1, 0.15) is 47.0 Å². The van der Waals surface area contributed by atoms with Crippen molar-refractivity contribution in [3.05, 3.63) is 0 Å². The molecule has 2 fully saturated rings. The molecule has 2 saturated heterocycles. The number of nitrogens with zero attached hydrogens (tertiary/aromatic N) is 2.